The Morgan fingerprint density at radius 1 is 1.14 bits per heavy atom. The molecule has 7 heteroatoms. The van der Waals surface area contributed by atoms with Crippen LogP contribution in [-0.2, 0) is 21.2 Å². The monoisotopic (exact) mass is 403 g/mol. The van der Waals surface area contributed by atoms with Crippen LogP contribution >= 0.6 is 0 Å². The zero-order chi connectivity index (χ0) is 20.1. The largest absolute Gasteiger partial charge is 0.497 e. The number of hydrogen-bond acceptors (Lipinski definition) is 5. The molecule has 1 fully saturated rings. The Labute approximate surface area is 166 Å². The predicted molar refractivity (Wildman–Crippen MR) is 107 cm³/mol. The third-order valence-corrected chi connectivity index (χ3v) is 6.58. The van der Waals surface area contributed by atoms with Gasteiger partial charge in [0.15, 0.2) is 16.4 Å². The Kier molecular flexibility index (Phi) is 6.24. The summed E-state index contributed by atoms with van der Waals surface area (Å²) in [5, 5.41) is 0. The first kappa shape index (κ1) is 20.2. The first-order valence-electron chi connectivity index (χ1n) is 9.18. The van der Waals surface area contributed by atoms with Crippen LogP contribution < -0.4 is 9.47 Å². The first-order chi connectivity index (χ1) is 13.4. The van der Waals surface area contributed by atoms with E-state index in [4.69, 9.17) is 9.47 Å². The molecule has 0 radical (unpaired) electrons. The van der Waals surface area contributed by atoms with Gasteiger partial charge in [-0.3, -0.25) is 4.79 Å². The van der Waals surface area contributed by atoms with Crippen LogP contribution in [0.5, 0.6) is 11.5 Å². The number of aryl methyl sites for hydroxylation is 1. The van der Waals surface area contributed by atoms with Crippen molar-refractivity contribution in [3.05, 3.63) is 59.7 Å². The summed E-state index contributed by atoms with van der Waals surface area (Å²) in [4.78, 5) is 14.5. The standard InChI is InChI=1S/C21H25NO5S/c1-16-4-3-5-20(12-16)27-14-21(23)22(18-10-11-28(24,25)15-18)13-17-6-8-19(26-2)9-7-17/h3-9,12,18H,10-11,13-15H2,1-2H3. The minimum atomic E-state index is -3.10. The molecule has 1 saturated heterocycles. The lowest BCUT2D eigenvalue weighted by Crippen LogP contribution is -2.43. The zero-order valence-corrected chi connectivity index (χ0v) is 16.9. The Balaban J connectivity index is 1.73. The molecule has 1 heterocycles. The summed E-state index contributed by atoms with van der Waals surface area (Å²) in [5.41, 5.74) is 1.95. The van der Waals surface area contributed by atoms with Crippen LogP contribution in [0.1, 0.15) is 17.5 Å². The number of carbonyl (C=O) groups excluding carboxylic acids is 1. The number of rotatable bonds is 7. The molecule has 6 nitrogen and oxygen atoms in total. The molecule has 1 amide bonds. The van der Waals surface area contributed by atoms with Gasteiger partial charge in [0, 0.05) is 12.6 Å². The molecule has 2 aromatic rings. The molecule has 1 atom stereocenters. The summed E-state index contributed by atoms with van der Waals surface area (Å²) >= 11 is 0. The van der Waals surface area contributed by atoms with Crippen LogP contribution in [0.3, 0.4) is 0 Å². The van der Waals surface area contributed by atoms with E-state index in [9.17, 15) is 13.2 Å². The third kappa shape index (κ3) is 5.25. The Morgan fingerprint density at radius 2 is 1.89 bits per heavy atom. The van der Waals surface area contributed by atoms with Crippen LogP contribution in [0.25, 0.3) is 0 Å². The number of carbonyl (C=O) groups is 1. The van der Waals surface area contributed by atoms with E-state index in [1.807, 2.05) is 49.4 Å². The fourth-order valence-electron chi connectivity index (χ4n) is 3.30. The maximum Gasteiger partial charge on any atom is 0.261 e. The van der Waals surface area contributed by atoms with Crippen LogP contribution in [0.2, 0.25) is 0 Å². The van der Waals surface area contributed by atoms with Crippen LogP contribution in [0, 0.1) is 6.92 Å². The number of methoxy groups -OCH3 is 1. The highest BCUT2D eigenvalue weighted by Crippen LogP contribution is 2.22. The van der Waals surface area contributed by atoms with Crippen molar-refractivity contribution in [1.29, 1.82) is 0 Å². The van der Waals surface area contributed by atoms with Crippen LogP contribution in [0.4, 0.5) is 0 Å². The highest BCUT2D eigenvalue weighted by molar-refractivity contribution is 7.91. The predicted octanol–water partition coefficient (Wildman–Crippen LogP) is 2.60. The van der Waals surface area contributed by atoms with Crippen molar-refractivity contribution in [3.8, 4) is 11.5 Å². The Morgan fingerprint density at radius 3 is 2.50 bits per heavy atom. The van der Waals surface area contributed by atoms with Crippen molar-refractivity contribution in [2.24, 2.45) is 0 Å². The normalized spacial score (nSPS) is 17.9. The number of benzene rings is 2. The number of sulfone groups is 1. The summed E-state index contributed by atoms with van der Waals surface area (Å²) in [7, 11) is -1.51. The van der Waals surface area contributed by atoms with Gasteiger partial charge >= 0.3 is 0 Å². The summed E-state index contributed by atoms with van der Waals surface area (Å²) in [6.07, 6.45) is 0.453. The number of ether oxygens (including phenoxy) is 2. The van der Waals surface area contributed by atoms with E-state index in [1.165, 1.54) is 0 Å². The van der Waals surface area contributed by atoms with Gasteiger partial charge in [-0.1, -0.05) is 24.3 Å². The average molecular weight is 404 g/mol. The number of nitrogens with zero attached hydrogens (tertiary/aromatic N) is 1. The van der Waals surface area contributed by atoms with Gasteiger partial charge in [-0.25, -0.2) is 8.42 Å². The zero-order valence-electron chi connectivity index (χ0n) is 16.1. The molecule has 1 unspecified atom stereocenters. The van der Waals surface area contributed by atoms with Crippen molar-refractivity contribution in [1.82, 2.24) is 4.90 Å². The highest BCUT2D eigenvalue weighted by atomic mass is 32.2. The van der Waals surface area contributed by atoms with Gasteiger partial charge in [0.2, 0.25) is 0 Å². The molecule has 0 N–H and O–H groups in total. The lowest BCUT2D eigenvalue weighted by Gasteiger charge is -2.28. The second-order valence-corrected chi connectivity index (χ2v) is 9.26. The second kappa shape index (κ2) is 8.65. The minimum absolute atomic E-state index is 0.000655. The van der Waals surface area contributed by atoms with Crippen LogP contribution in [-0.4, -0.2) is 50.5 Å². The lowest BCUT2D eigenvalue weighted by molar-refractivity contribution is -0.136. The van der Waals surface area contributed by atoms with E-state index < -0.39 is 9.84 Å². The Hall–Kier alpha value is -2.54. The molecular formula is C21H25NO5S. The SMILES string of the molecule is COc1ccc(CN(C(=O)COc2cccc(C)c2)C2CCS(=O)(=O)C2)cc1. The molecule has 0 saturated carbocycles. The maximum absolute atomic E-state index is 12.9. The molecule has 2 aromatic carbocycles. The fourth-order valence-corrected chi connectivity index (χ4v) is 5.03. The van der Waals surface area contributed by atoms with Gasteiger partial charge < -0.3 is 14.4 Å². The van der Waals surface area contributed by atoms with Crippen molar-refractivity contribution in [2.45, 2.75) is 25.9 Å². The van der Waals surface area contributed by atoms with E-state index in [1.54, 1.807) is 18.1 Å². The summed E-state index contributed by atoms with van der Waals surface area (Å²) in [5.74, 6) is 1.24. The molecular weight excluding hydrogens is 378 g/mol. The molecule has 1 aliphatic rings. The van der Waals surface area contributed by atoms with Gasteiger partial charge in [-0.2, -0.15) is 0 Å². The molecule has 28 heavy (non-hydrogen) atoms. The highest BCUT2D eigenvalue weighted by Gasteiger charge is 2.34. The molecule has 0 spiro atoms. The van der Waals surface area contributed by atoms with Crippen molar-refractivity contribution in [3.63, 3.8) is 0 Å². The van der Waals surface area contributed by atoms with E-state index in [2.05, 4.69) is 0 Å². The quantitative estimate of drug-likeness (QED) is 0.711. The molecule has 3 rings (SSSR count). The summed E-state index contributed by atoms with van der Waals surface area (Å²) in [6, 6.07) is 14.6. The molecule has 0 aliphatic carbocycles. The average Bonchev–Trinajstić information content (AvgIpc) is 3.04. The number of amides is 1. The van der Waals surface area contributed by atoms with Crippen molar-refractivity contribution in [2.75, 3.05) is 25.2 Å². The van der Waals surface area contributed by atoms with Crippen LogP contribution in [0.15, 0.2) is 48.5 Å². The summed E-state index contributed by atoms with van der Waals surface area (Å²) in [6.45, 7) is 2.16. The fraction of sp³-hybridized carbons (Fsp3) is 0.381. The topological polar surface area (TPSA) is 72.9 Å². The smallest absolute Gasteiger partial charge is 0.261 e. The lowest BCUT2D eigenvalue weighted by atomic mass is 10.1. The van der Waals surface area contributed by atoms with E-state index in [-0.39, 0.29) is 30.1 Å². The Bertz CT molecular complexity index is 924. The van der Waals surface area contributed by atoms with E-state index >= 15 is 0 Å². The summed E-state index contributed by atoms with van der Waals surface area (Å²) < 4.78 is 34.7. The minimum Gasteiger partial charge on any atom is -0.497 e. The molecule has 150 valence electrons. The van der Waals surface area contributed by atoms with E-state index in [0.717, 1.165) is 16.9 Å². The van der Waals surface area contributed by atoms with Gasteiger partial charge in [-0.15, -0.1) is 0 Å². The maximum atomic E-state index is 12.9. The van der Waals surface area contributed by atoms with Gasteiger partial charge in [0.25, 0.3) is 5.91 Å². The van der Waals surface area contributed by atoms with Crippen molar-refractivity contribution < 1.29 is 22.7 Å². The second-order valence-electron chi connectivity index (χ2n) is 7.03. The first-order valence-corrected chi connectivity index (χ1v) is 11.0. The van der Waals surface area contributed by atoms with Gasteiger partial charge in [0.05, 0.1) is 18.6 Å². The number of hydrogen-bond donors (Lipinski definition) is 0. The molecule has 0 aromatic heterocycles. The van der Waals surface area contributed by atoms with Gasteiger partial charge in [-0.05, 0) is 48.7 Å². The van der Waals surface area contributed by atoms with E-state index in [0.29, 0.717) is 18.7 Å². The third-order valence-electron chi connectivity index (χ3n) is 4.83. The van der Waals surface area contributed by atoms with Gasteiger partial charge in [0.1, 0.15) is 11.5 Å². The molecule has 1 aliphatic heterocycles. The van der Waals surface area contributed by atoms with Crippen molar-refractivity contribution >= 4 is 15.7 Å². The molecule has 0 bridgehead atoms.